The maximum Gasteiger partial charge on any atom is 0.321 e. The average molecular weight is 396 g/mol. The molecule has 6 nitrogen and oxygen atoms in total. The number of amides is 3. The largest absolute Gasteiger partial charge is 0.352 e. The van der Waals surface area contributed by atoms with Crippen molar-refractivity contribution in [2.24, 2.45) is 5.92 Å². The van der Waals surface area contributed by atoms with Gasteiger partial charge in [-0.25, -0.2) is 4.79 Å². The lowest BCUT2D eigenvalue weighted by molar-refractivity contribution is -0.872. The van der Waals surface area contributed by atoms with Crippen molar-refractivity contribution in [3.8, 4) is 0 Å². The second kappa shape index (κ2) is 10.1. The van der Waals surface area contributed by atoms with E-state index in [4.69, 9.17) is 0 Å². The van der Waals surface area contributed by atoms with E-state index in [0.29, 0.717) is 19.6 Å². The van der Waals surface area contributed by atoms with Crippen molar-refractivity contribution in [1.82, 2.24) is 10.2 Å². The summed E-state index contributed by atoms with van der Waals surface area (Å²) in [4.78, 5) is 28.3. The number of carbonyl (C=O) groups excluding carboxylic acids is 2. The van der Waals surface area contributed by atoms with Crippen molar-refractivity contribution >= 4 is 17.6 Å². The van der Waals surface area contributed by atoms with Crippen molar-refractivity contribution in [2.75, 3.05) is 32.5 Å². The van der Waals surface area contributed by atoms with Gasteiger partial charge in [0.2, 0.25) is 5.91 Å². The summed E-state index contributed by atoms with van der Waals surface area (Å²) in [5, 5.41) is 5.94. The lowest BCUT2D eigenvalue weighted by atomic mass is 9.97. The van der Waals surface area contributed by atoms with Gasteiger partial charge in [0.15, 0.2) is 0 Å². The SMILES string of the molecule is C[NH+](C)Cc1ccc(CNC(=O)[C@H]2CCCN(C(=O)Nc3ccccc3)C2)cc1. The highest BCUT2D eigenvalue weighted by Crippen LogP contribution is 2.18. The number of benzene rings is 2. The predicted octanol–water partition coefficient (Wildman–Crippen LogP) is 1.89. The summed E-state index contributed by atoms with van der Waals surface area (Å²) in [6.45, 7) is 2.63. The van der Waals surface area contributed by atoms with Gasteiger partial charge in [0.25, 0.3) is 0 Å². The number of para-hydroxylation sites is 1. The van der Waals surface area contributed by atoms with Crippen molar-refractivity contribution in [3.63, 3.8) is 0 Å². The van der Waals surface area contributed by atoms with Crippen molar-refractivity contribution in [2.45, 2.75) is 25.9 Å². The molecule has 1 aliphatic rings. The lowest BCUT2D eigenvalue weighted by Gasteiger charge is -2.32. The Balaban J connectivity index is 1.48. The summed E-state index contributed by atoms with van der Waals surface area (Å²) in [5.41, 5.74) is 3.14. The monoisotopic (exact) mass is 395 g/mol. The third-order valence-corrected chi connectivity index (χ3v) is 5.15. The van der Waals surface area contributed by atoms with Crippen molar-refractivity contribution in [1.29, 1.82) is 0 Å². The summed E-state index contributed by atoms with van der Waals surface area (Å²) in [5.74, 6) is -0.147. The summed E-state index contributed by atoms with van der Waals surface area (Å²) >= 11 is 0. The molecule has 0 saturated carbocycles. The van der Waals surface area contributed by atoms with E-state index in [0.717, 1.165) is 30.6 Å². The maximum absolute atomic E-state index is 12.6. The zero-order chi connectivity index (χ0) is 20.6. The van der Waals surface area contributed by atoms with Crippen LogP contribution in [0.3, 0.4) is 0 Å². The molecule has 0 spiro atoms. The van der Waals surface area contributed by atoms with Crippen LogP contribution in [0.2, 0.25) is 0 Å². The van der Waals surface area contributed by atoms with Crippen LogP contribution in [0.5, 0.6) is 0 Å². The van der Waals surface area contributed by atoms with E-state index in [-0.39, 0.29) is 17.9 Å². The first kappa shape index (κ1) is 20.9. The van der Waals surface area contributed by atoms with Crippen LogP contribution in [0, 0.1) is 5.92 Å². The lowest BCUT2D eigenvalue weighted by Crippen LogP contribution is -3.04. The highest BCUT2D eigenvalue weighted by Gasteiger charge is 2.28. The normalized spacial score (nSPS) is 16.5. The number of anilines is 1. The molecule has 0 aliphatic carbocycles. The number of hydrogen-bond acceptors (Lipinski definition) is 2. The Bertz CT molecular complexity index is 805. The van der Waals surface area contributed by atoms with Gasteiger partial charge in [-0.1, -0.05) is 42.5 Å². The van der Waals surface area contributed by atoms with Gasteiger partial charge in [-0.05, 0) is 30.5 Å². The Morgan fingerprint density at radius 2 is 1.72 bits per heavy atom. The number of rotatable bonds is 6. The molecule has 6 heteroatoms. The molecule has 3 rings (SSSR count). The van der Waals surface area contributed by atoms with Gasteiger partial charge in [0, 0.05) is 30.9 Å². The molecule has 29 heavy (non-hydrogen) atoms. The summed E-state index contributed by atoms with van der Waals surface area (Å²) in [6, 6.07) is 17.6. The topological polar surface area (TPSA) is 65.9 Å². The van der Waals surface area contributed by atoms with Gasteiger partial charge >= 0.3 is 6.03 Å². The Morgan fingerprint density at radius 1 is 1.03 bits per heavy atom. The van der Waals surface area contributed by atoms with E-state index in [9.17, 15) is 9.59 Å². The van der Waals surface area contributed by atoms with Crippen LogP contribution < -0.4 is 15.5 Å². The van der Waals surface area contributed by atoms with Crippen LogP contribution in [0.4, 0.5) is 10.5 Å². The molecule has 1 aliphatic heterocycles. The van der Waals surface area contributed by atoms with Crippen LogP contribution in [-0.2, 0) is 17.9 Å². The minimum Gasteiger partial charge on any atom is -0.352 e. The highest BCUT2D eigenvalue weighted by atomic mass is 16.2. The minimum atomic E-state index is -0.165. The van der Waals surface area contributed by atoms with E-state index < -0.39 is 0 Å². The Morgan fingerprint density at radius 3 is 2.41 bits per heavy atom. The second-order valence-corrected chi connectivity index (χ2v) is 8.00. The van der Waals surface area contributed by atoms with E-state index in [1.165, 1.54) is 10.5 Å². The highest BCUT2D eigenvalue weighted by molar-refractivity contribution is 5.90. The van der Waals surface area contributed by atoms with Gasteiger partial charge in [-0.3, -0.25) is 4.79 Å². The number of likely N-dealkylation sites (tertiary alicyclic amines) is 1. The predicted molar refractivity (Wildman–Crippen MR) is 115 cm³/mol. The molecule has 0 radical (unpaired) electrons. The molecule has 2 aromatic carbocycles. The Labute approximate surface area is 172 Å². The van der Waals surface area contributed by atoms with Gasteiger partial charge < -0.3 is 20.4 Å². The first-order chi connectivity index (χ1) is 14.0. The first-order valence-electron chi connectivity index (χ1n) is 10.3. The fourth-order valence-electron chi connectivity index (χ4n) is 3.62. The maximum atomic E-state index is 12.6. The van der Waals surface area contributed by atoms with E-state index in [1.54, 1.807) is 4.90 Å². The Hall–Kier alpha value is -2.86. The third kappa shape index (κ3) is 6.32. The van der Waals surface area contributed by atoms with Crippen molar-refractivity contribution < 1.29 is 14.5 Å². The standard InChI is InChI=1S/C23H30N4O2/c1-26(2)16-19-12-10-18(11-13-19)15-24-22(28)20-7-6-14-27(17-20)23(29)25-21-8-4-3-5-9-21/h3-5,8-13,20H,6-7,14-17H2,1-2H3,(H,24,28)(H,25,29)/p+1/t20-/m0/s1. The summed E-state index contributed by atoms with van der Waals surface area (Å²) in [6.07, 6.45) is 1.65. The molecule has 3 N–H and O–H groups in total. The van der Waals surface area contributed by atoms with Crippen LogP contribution >= 0.6 is 0 Å². The number of nitrogens with zero attached hydrogens (tertiary/aromatic N) is 1. The molecule has 154 valence electrons. The summed E-state index contributed by atoms with van der Waals surface area (Å²) in [7, 11) is 4.25. The molecular weight excluding hydrogens is 364 g/mol. The zero-order valence-corrected chi connectivity index (χ0v) is 17.3. The average Bonchev–Trinajstić information content (AvgIpc) is 2.73. The minimum absolute atomic E-state index is 0.0176. The second-order valence-electron chi connectivity index (χ2n) is 8.00. The van der Waals surface area contributed by atoms with Crippen LogP contribution in [-0.4, -0.2) is 44.0 Å². The van der Waals surface area contributed by atoms with E-state index in [1.807, 2.05) is 30.3 Å². The van der Waals surface area contributed by atoms with Gasteiger partial charge in [-0.15, -0.1) is 0 Å². The number of urea groups is 1. The van der Waals surface area contributed by atoms with Crippen LogP contribution in [0.25, 0.3) is 0 Å². The van der Waals surface area contributed by atoms with Crippen molar-refractivity contribution in [3.05, 3.63) is 65.7 Å². The first-order valence-corrected chi connectivity index (χ1v) is 10.3. The fourth-order valence-corrected chi connectivity index (χ4v) is 3.62. The number of quaternary nitrogens is 1. The van der Waals surface area contributed by atoms with Gasteiger partial charge in [0.1, 0.15) is 6.54 Å². The quantitative estimate of drug-likeness (QED) is 0.699. The molecule has 1 fully saturated rings. The molecule has 0 bridgehead atoms. The van der Waals surface area contributed by atoms with Crippen LogP contribution in [0.15, 0.2) is 54.6 Å². The molecule has 1 heterocycles. The molecular formula is C23H31N4O2+. The zero-order valence-electron chi connectivity index (χ0n) is 17.3. The molecule has 0 unspecified atom stereocenters. The number of nitrogens with one attached hydrogen (secondary N) is 3. The number of hydrogen-bond donors (Lipinski definition) is 3. The Kier molecular flexibility index (Phi) is 7.25. The van der Waals surface area contributed by atoms with Gasteiger partial charge in [0.05, 0.1) is 20.0 Å². The van der Waals surface area contributed by atoms with Gasteiger partial charge in [-0.2, -0.15) is 0 Å². The van der Waals surface area contributed by atoms with E-state index >= 15 is 0 Å². The third-order valence-electron chi connectivity index (χ3n) is 5.15. The fraction of sp³-hybridized carbons (Fsp3) is 0.391. The van der Waals surface area contributed by atoms with E-state index in [2.05, 4.69) is 49.0 Å². The number of carbonyl (C=O) groups is 2. The summed E-state index contributed by atoms with van der Waals surface area (Å²) < 4.78 is 0. The number of piperidine rings is 1. The molecule has 0 aromatic heterocycles. The van der Waals surface area contributed by atoms with Crippen LogP contribution in [0.1, 0.15) is 24.0 Å². The smallest absolute Gasteiger partial charge is 0.321 e. The molecule has 1 saturated heterocycles. The molecule has 3 amide bonds. The molecule has 2 aromatic rings. The molecule has 1 atom stereocenters.